The fourth-order valence-corrected chi connectivity index (χ4v) is 1.59. The van der Waals surface area contributed by atoms with Gasteiger partial charge in [-0.2, -0.15) is 0 Å². The second-order valence-corrected chi connectivity index (χ2v) is 3.96. The maximum atomic E-state index is 11.7. The monoisotopic (exact) mass is 259 g/mol. The number of nitrogens with zero attached hydrogens (tertiary/aromatic N) is 1. The number of aromatic carboxylic acids is 1. The quantitative estimate of drug-likeness (QED) is 0.748. The molecule has 1 amide bonds. The molecule has 2 rings (SSSR count). The van der Waals surface area contributed by atoms with Gasteiger partial charge < -0.3 is 15.4 Å². The number of carbonyl (C=O) groups is 2. The van der Waals surface area contributed by atoms with Crippen molar-refractivity contribution >= 4 is 11.9 Å². The maximum absolute atomic E-state index is 11.7. The molecule has 98 valence electrons. The van der Waals surface area contributed by atoms with E-state index in [0.29, 0.717) is 12.1 Å². The zero-order valence-electron chi connectivity index (χ0n) is 10.1. The Morgan fingerprint density at radius 1 is 1.32 bits per heavy atom. The number of aromatic amines is 1. The summed E-state index contributed by atoms with van der Waals surface area (Å²) in [5, 5.41) is 11.4. The Morgan fingerprint density at radius 2 is 2.16 bits per heavy atom. The van der Waals surface area contributed by atoms with Crippen molar-refractivity contribution < 1.29 is 14.7 Å². The third-order valence-electron chi connectivity index (χ3n) is 2.61. The lowest BCUT2D eigenvalue weighted by Gasteiger charge is -2.04. The van der Waals surface area contributed by atoms with Crippen molar-refractivity contribution in [3.05, 3.63) is 53.6 Å². The van der Waals surface area contributed by atoms with Gasteiger partial charge in [-0.1, -0.05) is 0 Å². The smallest absolute Gasteiger partial charge is 0.354 e. The molecule has 6 nitrogen and oxygen atoms in total. The van der Waals surface area contributed by atoms with Crippen molar-refractivity contribution in [2.24, 2.45) is 0 Å². The highest BCUT2D eigenvalue weighted by molar-refractivity contribution is 5.94. The van der Waals surface area contributed by atoms with Crippen LogP contribution in [0, 0.1) is 0 Å². The molecule has 0 spiro atoms. The number of hydrogen-bond acceptors (Lipinski definition) is 3. The second-order valence-electron chi connectivity index (χ2n) is 3.96. The number of pyridine rings is 1. The average Bonchev–Trinajstić information content (AvgIpc) is 2.92. The van der Waals surface area contributed by atoms with Gasteiger partial charge in [0, 0.05) is 25.1 Å². The Kier molecular flexibility index (Phi) is 3.92. The van der Waals surface area contributed by atoms with Crippen LogP contribution in [0.2, 0.25) is 0 Å². The maximum Gasteiger partial charge on any atom is 0.354 e. The molecule has 0 radical (unpaired) electrons. The van der Waals surface area contributed by atoms with Crippen LogP contribution in [0.4, 0.5) is 0 Å². The predicted octanol–water partition coefficient (Wildman–Crippen LogP) is 1.08. The van der Waals surface area contributed by atoms with E-state index in [2.05, 4.69) is 15.3 Å². The Labute approximate surface area is 109 Å². The van der Waals surface area contributed by atoms with Crippen LogP contribution in [0.25, 0.3) is 0 Å². The lowest BCUT2D eigenvalue weighted by Crippen LogP contribution is -2.25. The number of carboxylic acid groups (broad SMARTS) is 1. The summed E-state index contributed by atoms with van der Waals surface area (Å²) in [5.74, 6) is -1.38. The molecular formula is C13H13N3O3. The topological polar surface area (TPSA) is 95.1 Å². The van der Waals surface area contributed by atoms with Crippen molar-refractivity contribution in [1.29, 1.82) is 0 Å². The van der Waals surface area contributed by atoms with E-state index >= 15 is 0 Å². The minimum absolute atomic E-state index is 0.0797. The third kappa shape index (κ3) is 3.41. The first-order chi connectivity index (χ1) is 9.16. The number of aromatic nitrogens is 2. The standard InChI is InChI=1S/C13H13N3O3/c17-12(15-6-4-9-3-5-14-7-9)10-1-2-11(13(18)19)16-8-10/h1-3,5,7-8,14H,4,6H2,(H,15,17)(H,18,19). The van der Waals surface area contributed by atoms with Gasteiger partial charge >= 0.3 is 5.97 Å². The van der Waals surface area contributed by atoms with Gasteiger partial charge in [-0.15, -0.1) is 0 Å². The first-order valence-electron chi connectivity index (χ1n) is 5.76. The van der Waals surface area contributed by atoms with Gasteiger partial charge in [-0.25, -0.2) is 9.78 Å². The van der Waals surface area contributed by atoms with Crippen LogP contribution in [0.1, 0.15) is 26.4 Å². The van der Waals surface area contributed by atoms with E-state index < -0.39 is 5.97 Å². The largest absolute Gasteiger partial charge is 0.477 e. The van der Waals surface area contributed by atoms with Crippen molar-refractivity contribution in [2.75, 3.05) is 6.54 Å². The molecule has 6 heteroatoms. The molecule has 2 aromatic heterocycles. The van der Waals surface area contributed by atoms with E-state index in [0.717, 1.165) is 12.0 Å². The molecule has 0 bridgehead atoms. The molecule has 0 atom stereocenters. The molecular weight excluding hydrogens is 246 g/mol. The van der Waals surface area contributed by atoms with Crippen molar-refractivity contribution in [1.82, 2.24) is 15.3 Å². The fourth-order valence-electron chi connectivity index (χ4n) is 1.59. The molecule has 0 aliphatic carbocycles. The van der Waals surface area contributed by atoms with Crippen LogP contribution in [-0.4, -0.2) is 33.5 Å². The molecule has 2 heterocycles. The summed E-state index contributed by atoms with van der Waals surface area (Å²) in [6.45, 7) is 0.511. The predicted molar refractivity (Wildman–Crippen MR) is 68.0 cm³/mol. The van der Waals surface area contributed by atoms with Crippen LogP contribution in [0.3, 0.4) is 0 Å². The Hall–Kier alpha value is -2.63. The molecule has 3 N–H and O–H groups in total. The van der Waals surface area contributed by atoms with Gasteiger partial charge in [0.05, 0.1) is 5.56 Å². The van der Waals surface area contributed by atoms with E-state index in [1.54, 1.807) is 0 Å². The Bertz CT molecular complexity index is 561. The molecule has 19 heavy (non-hydrogen) atoms. The van der Waals surface area contributed by atoms with E-state index in [1.165, 1.54) is 18.3 Å². The van der Waals surface area contributed by atoms with Crippen LogP contribution >= 0.6 is 0 Å². The normalized spacial score (nSPS) is 10.1. The minimum atomic E-state index is -1.11. The highest BCUT2D eigenvalue weighted by atomic mass is 16.4. The molecule has 0 saturated heterocycles. The van der Waals surface area contributed by atoms with Crippen molar-refractivity contribution in [2.45, 2.75) is 6.42 Å². The Balaban J connectivity index is 1.87. The van der Waals surface area contributed by atoms with E-state index in [9.17, 15) is 9.59 Å². The van der Waals surface area contributed by atoms with Crippen LogP contribution in [-0.2, 0) is 6.42 Å². The fraction of sp³-hybridized carbons (Fsp3) is 0.154. The number of hydrogen-bond donors (Lipinski definition) is 3. The van der Waals surface area contributed by atoms with Crippen molar-refractivity contribution in [3.8, 4) is 0 Å². The molecule has 0 saturated carbocycles. The van der Waals surface area contributed by atoms with Gasteiger partial charge in [0.15, 0.2) is 0 Å². The summed E-state index contributed by atoms with van der Waals surface area (Å²) in [7, 11) is 0. The van der Waals surface area contributed by atoms with Crippen LogP contribution in [0.5, 0.6) is 0 Å². The van der Waals surface area contributed by atoms with E-state index in [1.807, 2.05) is 18.5 Å². The van der Waals surface area contributed by atoms with Gasteiger partial charge in [0.25, 0.3) is 5.91 Å². The lowest BCUT2D eigenvalue weighted by molar-refractivity contribution is 0.0689. The molecule has 0 aliphatic rings. The second kappa shape index (κ2) is 5.81. The zero-order valence-corrected chi connectivity index (χ0v) is 10.1. The number of nitrogens with one attached hydrogen (secondary N) is 2. The average molecular weight is 259 g/mol. The van der Waals surface area contributed by atoms with Gasteiger partial charge in [-0.05, 0) is 30.2 Å². The lowest BCUT2D eigenvalue weighted by atomic mass is 10.2. The number of rotatable bonds is 5. The van der Waals surface area contributed by atoms with E-state index in [4.69, 9.17) is 5.11 Å². The summed E-state index contributed by atoms with van der Waals surface area (Å²) in [4.78, 5) is 29.0. The summed E-state index contributed by atoms with van der Waals surface area (Å²) in [6, 6.07) is 4.70. The summed E-state index contributed by atoms with van der Waals surface area (Å²) < 4.78 is 0. The number of amides is 1. The Morgan fingerprint density at radius 3 is 2.74 bits per heavy atom. The highest BCUT2D eigenvalue weighted by Gasteiger charge is 2.08. The van der Waals surface area contributed by atoms with Crippen LogP contribution < -0.4 is 5.32 Å². The van der Waals surface area contributed by atoms with Gasteiger partial charge in [0.1, 0.15) is 5.69 Å². The minimum Gasteiger partial charge on any atom is -0.477 e. The summed E-state index contributed by atoms with van der Waals surface area (Å²) >= 11 is 0. The first-order valence-corrected chi connectivity index (χ1v) is 5.76. The number of carbonyl (C=O) groups excluding carboxylic acids is 1. The van der Waals surface area contributed by atoms with Gasteiger partial charge in [0.2, 0.25) is 0 Å². The molecule has 0 aliphatic heterocycles. The van der Waals surface area contributed by atoms with Gasteiger partial charge in [-0.3, -0.25) is 4.79 Å². The number of carboxylic acids is 1. The highest BCUT2D eigenvalue weighted by Crippen LogP contribution is 2.01. The SMILES string of the molecule is O=C(NCCc1cc[nH]c1)c1ccc(C(=O)O)nc1. The summed E-state index contributed by atoms with van der Waals surface area (Å²) in [5.41, 5.74) is 1.38. The number of H-pyrrole nitrogens is 1. The third-order valence-corrected chi connectivity index (χ3v) is 2.61. The van der Waals surface area contributed by atoms with Crippen molar-refractivity contribution in [3.63, 3.8) is 0 Å². The first kappa shape index (κ1) is 12.8. The molecule has 0 unspecified atom stereocenters. The molecule has 0 fully saturated rings. The molecule has 2 aromatic rings. The summed E-state index contributed by atoms with van der Waals surface area (Å²) in [6.07, 6.45) is 5.69. The molecule has 0 aromatic carbocycles. The van der Waals surface area contributed by atoms with E-state index in [-0.39, 0.29) is 11.6 Å². The van der Waals surface area contributed by atoms with Crippen LogP contribution in [0.15, 0.2) is 36.8 Å². The zero-order chi connectivity index (χ0) is 13.7.